The number of carbonyl (C=O) groups excluding carboxylic acids is 2. The lowest BCUT2D eigenvalue weighted by Crippen LogP contribution is -2.31. The van der Waals surface area contributed by atoms with Crippen molar-refractivity contribution in [2.24, 2.45) is 11.8 Å². The summed E-state index contributed by atoms with van der Waals surface area (Å²) in [6.45, 7) is 12.0. The van der Waals surface area contributed by atoms with E-state index in [0.717, 1.165) is 37.7 Å². The molecule has 1 aliphatic heterocycles. The van der Waals surface area contributed by atoms with Gasteiger partial charge in [0, 0.05) is 25.1 Å². The summed E-state index contributed by atoms with van der Waals surface area (Å²) in [5.74, 6) is 0.756. The quantitative estimate of drug-likeness (QED) is 0.723. The van der Waals surface area contributed by atoms with E-state index in [1.54, 1.807) is 6.92 Å². The number of aromatic nitrogens is 2. The van der Waals surface area contributed by atoms with Gasteiger partial charge in [-0.2, -0.15) is 5.10 Å². The zero-order valence-corrected chi connectivity index (χ0v) is 19.8. The average Bonchev–Trinajstić information content (AvgIpc) is 3.27. The third-order valence-corrected chi connectivity index (χ3v) is 5.49. The molecule has 0 bridgehead atoms. The van der Waals surface area contributed by atoms with Crippen LogP contribution in [0.25, 0.3) is 0 Å². The molecule has 0 radical (unpaired) electrons. The highest BCUT2D eigenvalue weighted by atomic mass is 16.1. The maximum absolute atomic E-state index is 10.9. The molecule has 0 unspecified atom stereocenters. The highest BCUT2D eigenvalue weighted by molar-refractivity contribution is 5.78. The van der Waals surface area contributed by atoms with Crippen LogP contribution in [0.1, 0.15) is 79.2 Å². The highest BCUT2D eigenvalue weighted by Crippen LogP contribution is 2.27. The maximum atomic E-state index is 10.9. The van der Waals surface area contributed by atoms with Crippen molar-refractivity contribution in [3.05, 3.63) is 12.4 Å². The second kappa shape index (κ2) is 16.1. The van der Waals surface area contributed by atoms with Crippen molar-refractivity contribution < 1.29 is 9.59 Å². The largest absolute Gasteiger partial charge is 0.386 e. The SMILES string of the molecule is CC.CC.CC(=O)C1CCC(C=O)CC1.CNc1cnn(C2CCN(C)CC2)c1. The number of carbonyl (C=O) groups is 2. The van der Waals surface area contributed by atoms with Crippen LogP contribution in [-0.2, 0) is 9.59 Å². The smallest absolute Gasteiger partial charge is 0.132 e. The molecule has 2 fully saturated rings. The Morgan fingerprint density at radius 1 is 1.07 bits per heavy atom. The molecule has 3 rings (SSSR count). The minimum Gasteiger partial charge on any atom is -0.386 e. The Morgan fingerprint density at radius 3 is 2.03 bits per heavy atom. The molecular formula is C23H44N4O2. The number of likely N-dealkylation sites (tertiary alicyclic amines) is 1. The Labute approximate surface area is 178 Å². The highest BCUT2D eigenvalue weighted by Gasteiger charge is 2.23. The third kappa shape index (κ3) is 10.1. The Hall–Kier alpha value is -1.69. The molecule has 29 heavy (non-hydrogen) atoms. The number of Topliss-reactive ketones (excluding diaryl/α,β-unsaturated/α-hetero) is 1. The van der Waals surface area contributed by atoms with Crippen molar-refractivity contribution in [1.82, 2.24) is 14.7 Å². The van der Waals surface area contributed by atoms with Crippen molar-refractivity contribution in [2.75, 3.05) is 32.5 Å². The monoisotopic (exact) mass is 408 g/mol. The lowest BCUT2D eigenvalue weighted by atomic mass is 9.81. The average molecular weight is 409 g/mol. The van der Waals surface area contributed by atoms with Crippen molar-refractivity contribution in [2.45, 2.75) is 79.2 Å². The normalized spacial score (nSPS) is 21.9. The van der Waals surface area contributed by atoms with Crippen LogP contribution < -0.4 is 5.32 Å². The molecule has 0 amide bonds. The van der Waals surface area contributed by atoms with Gasteiger partial charge in [0.25, 0.3) is 0 Å². The van der Waals surface area contributed by atoms with Gasteiger partial charge in [-0.25, -0.2) is 0 Å². The zero-order chi connectivity index (χ0) is 22.2. The van der Waals surface area contributed by atoms with Crippen LogP contribution in [0.4, 0.5) is 5.69 Å². The second-order valence-corrected chi connectivity index (χ2v) is 7.35. The van der Waals surface area contributed by atoms with E-state index in [1.807, 2.05) is 40.9 Å². The molecule has 0 aromatic carbocycles. The molecule has 2 aliphatic rings. The number of hydrogen-bond donors (Lipinski definition) is 1. The zero-order valence-electron chi connectivity index (χ0n) is 19.8. The van der Waals surface area contributed by atoms with Gasteiger partial charge in [0.05, 0.1) is 17.9 Å². The number of piperidine rings is 1. The number of hydrogen-bond acceptors (Lipinski definition) is 5. The van der Waals surface area contributed by atoms with Crippen LogP contribution in [0, 0.1) is 11.8 Å². The second-order valence-electron chi connectivity index (χ2n) is 7.35. The van der Waals surface area contributed by atoms with Crippen LogP contribution in [0.2, 0.25) is 0 Å². The summed E-state index contributed by atoms with van der Waals surface area (Å²) in [5, 5.41) is 7.47. The summed E-state index contributed by atoms with van der Waals surface area (Å²) in [6, 6.07) is 0.591. The van der Waals surface area contributed by atoms with Crippen LogP contribution in [0.5, 0.6) is 0 Å². The standard InChI is InChI=1S/C10H18N4.C9H14O2.2C2H6/c1-11-9-7-12-14(8-9)10-3-5-13(2)6-4-10;1-7(11)9-4-2-8(6-10)3-5-9;2*1-2/h7-8,10-11H,3-6H2,1-2H3;6,8-9H,2-5H2,1H3;2*1-2H3. The molecule has 1 saturated heterocycles. The first-order valence-corrected chi connectivity index (χ1v) is 11.4. The maximum Gasteiger partial charge on any atom is 0.132 e. The van der Waals surface area contributed by atoms with Gasteiger partial charge in [-0.3, -0.25) is 9.48 Å². The summed E-state index contributed by atoms with van der Waals surface area (Å²) in [6.07, 6.45) is 11.1. The number of nitrogens with zero attached hydrogens (tertiary/aromatic N) is 3. The molecule has 6 heteroatoms. The van der Waals surface area contributed by atoms with Crippen LogP contribution in [0.3, 0.4) is 0 Å². The van der Waals surface area contributed by atoms with Gasteiger partial charge < -0.3 is 15.0 Å². The number of rotatable bonds is 4. The molecule has 1 aromatic rings. The van der Waals surface area contributed by atoms with Gasteiger partial charge in [0.1, 0.15) is 12.1 Å². The van der Waals surface area contributed by atoms with Crippen molar-refractivity contribution in [3.63, 3.8) is 0 Å². The fraction of sp³-hybridized carbons (Fsp3) is 0.783. The summed E-state index contributed by atoms with van der Waals surface area (Å²) in [7, 11) is 4.11. The molecule has 0 atom stereocenters. The topological polar surface area (TPSA) is 67.2 Å². The van der Waals surface area contributed by atoms with E-state index in [4.69, 9.17) is 0 Å². The molecular weight excluding hydrogens is 364 g/mol. The lowest BCUT2D eigenvalue weighted by molar-refractivity contribution is -0.123. The first-order valence-electron chi connectivity index (χ1n) is 11.4. The van der Waals surface area contributed by atoms with E-state index in [2.05, 4.69) is 33.2 Å². The van der Waals surface area contributed by atoms with Crippen LogP contribution in [-0.4, -0.2) is 53.9 Å². The van der Waals surface area contributed by atoms with E-state index >= 15 is 0 Å². The first-order chi connectivity index (χ1) is 14.0. The molecule has 0 spiro atoms. The summed E-state index contributed by atoms with van der Waals surface area (Å²) in [5.41, 5.74) is 1.10. The summed E-state index contributed by atoms with van der Waals surface area (Å²) >= 11 is 0. The third-order valence-electron chi connectivity index (χ3n) is 5.49. The minimum absolute atomic E-state index is 0.227. The summed E-state index contributed by atoms with van der Waals surface area (Å²) in [4.78, 5) is 23.6. The van der Waals surface area contributed by atoms with Gasteiger partial charge >= 0.3 is 0 Å². The lowest BCUT2D eigenvalue weighted by Gasteiger charge is -2.28. The summed E-state index contributed by atoms with van der Waals surface area (Å²) < 4.78 is 2.10. The Morgan fingerprint density at radius 2 is 1.62 bits per heavy atom. The van der Waals surface area contributed by atoms with Gasteiger partial charge in [-0.15, -0.1) is 0 Å². The van der Waals surface area contributed by atoms with E-state index in [-0.39, 0.29) is 17.6 Å². The first kappa shape index (κ1) is 27.3. The fourth-order valence-corrected chi connectivity index (χ4v) is 3.59. The Balaban J connectivity index is 0.000000472. The predicted octanol–water partition coefficient (Wildman–Crippen LogP) is 4.82. The Bertz CT molecular complexity index is 543. The molecule has 1 saturated carbocycles. The molecule has 1 aliphatic carbocycles. The number of nitrogens with one attached hydrogen (secondary N) is 1. The van der Waals surface area contributed by atoms with Gasteiger partial charge in [0.15, 0.2) is 0 Å². The molecule has 1 aromatic heterocycles. The van der Waals surface area contributed by atoms with E-state index in [0.29, 0.717) is 6.04 Å². The van der Waals surface area contributed by atoms with E-state index in [1.165, 1.54) is 25.9 Å². The van der Waals surface area contributed by atoms with E-state index < -0.39 is 0 Å². The number of anilines is 1. The molecule has 2 heterocycles. The number of ketones is 1. The van der Waals surface area contributed by atoms with E-state index in [9.17, 15) is 9.59 Å². The molecule has 1 N–H and O–H groups in total. The van der Waals surface area contributed by atoms with Gasteiger partial charge in [0.2, 0.25) is 0 Å². The van der Waals surface area contributed by atoms with Crippen LogP contribution >= 0.6 is 0 Å². The van der Waals surface area contributed by atoms with Gasteiger partial charge in [-0.05, 0) is 65.6 Å². The molecule has 168 valence electrons. The van der Waals surface area contributed by atoms with Crippen molar-refractivity contribution >= 4 is 17.8 Å². The molecule has 6 nitrogen and oxygen atoms in total. The van der Waals surface area contributed by atoms with Crippen molar-refractivity contribution in [1.29, 1.82) is 0 Å². The minimum atomic E-state index is 0.227. The van der Waals surface area contributed by atoms with Gasteiger partial charge in [-0.1, -0.05) is 27.7 Å². The number of aldehydes is 1. The Kier molecular flexibility index (Phi) is 15.2. The van der Waals surface area contributed by atoms with Crippen molar-refractivity contribution in [3.8, 4) is 0 Å². The predicted molar refractivity (Wildman–Crippen MR) is 122 cm³/mol. The van der Waals surface area contributed by atoms with Crippen LogP contribution in [0.15, 0.2) is 12.4 Å². The fourth-order valence-electron chi connectivity index (χ4n) is 3.59.